The van der Waals surface area contributed by atoms with Gasteiger partial charge in [-0.3, -0.25) is 4.98 Å². The summed E-state index contributed by atoms with van der Waals surface area (Å²) >= 11 is 0. The van der Waals surface area contributed by atoms with Crippen LogP contribution in [-0.4, -0.2) is 83.4 Å². The molecule has 1 unspecified atom stereocenters. The van der Waals surface area contributed by atoms with Crippen LogP contribution in [0.25, 0.3) is 0 Å². The Kier molecular flexibility index (Phi) is 9.16. The van der Waals surface area contributed by atoms with Crippen molar-refractivity contribution in [1.29, 1.82) is 5.26 Å². The Morgan fingerprint density at radius 3 is 2.61 bits per heavy atom. The molecule has 5 rings (SSSR count). The zero-order chi connectivity index (χ0) is 33.1. The number of benzene rings is 1. The Balaban J connectivity index is 1.41. The number of likely N-dealkylation sites (tertiary alicyclic amines) is 1. The molecule has 3 amide bonds. The number of urea groups is 1. The molecular weight excluding hydrogens is 603 g/mol. The third-order valence-corrected chi connectivity index (χ3v) is 9.00. The molecule has 11 nitrogen and oxygen atoms in total. The van der Waals surface area contributed by atoms with Gasteiger partial charge in [-0.15, -0.1) is 0 Å². The van der Waals surface area contributed by atoms with Crippen LogP contribution in [0.3, 0.4) is 0 Å². The molecular formula is C32H36F3N7O4. The number of nitriles is 1. The Hall–Kier alpha value is -4.77. The molecule has 2 saturated heterocycles. The van der Waals surface area contributed by atoms with Crippen molar-refractivity contribution in [3.05, 3.63) is 83.3 Å². The molecule has 3 N–H and O–H groups in total. The summed E-state index contributed by atoms with van der Waals surface area (Å²) < 4.78 is 46.1. The highest BCUT2D eigenvalue weighted by Crippen LogP contribution is 2.39. The van der Waals surface area contributed by atoms with Gasteiger partial charge in [0.25, 0.3) is 0 Å². The van der Waals surface area contributed by atoms with E-state index < -0.39 is 29.1 Å². The number of carbonyl (C=O) groups is 2. The van der Waals surface area contributed by atoms with Gasteiger partial charge in [0.05, 0.1) is 28.4 Å². The Morgan fingerprint density at radius 2 is 2.02 bits per heavy atom. The van der Waals surface area contributed by atoms with Gasteiger partial charge >= 0.3 is 18.3 Å². The SMILES string of the molecule is CCOC1(c2cccnc2)C=CC(C2(NC(=O)N3CC[C@@H](N(C)C(=O)O)C3)CCN(c3ccc(C(F)(F)F)cc3C#N)CC2)=CN1. The molecule has 4 heterocycles. The van der Waals surface area contributed by atoms with Gasteiger partial charge in [-0.05, 0) is 62.1 Å². The lowest BCUT2D eigenvalue weighted by atomic mass is 9.79. The summed E-state index contributed by atoms with van der Waals surface area (Å²) in [6, 6.07) is 8.09. The molecule has 46 heavy (non-hydrogen) atoms. The molecule has 1 aromatic carbocycles. The molecule has 0 spiro atoms. The molecule has 0 bridgehead atoms. The van der Waals surface area contributed by atoms with Crippen LogP contribution in [0.4, 0.5) is 28.4 Å². The average molecular weight is 640 g/mol. The third-order valence-electron chi connectivity index (χ3n) is 9.00. The highest BCUT2D eigenvalue weighted by Gasteiger charge is 2.44. The zero-order valence-electron chi connectivity index (χ0n) is 25.5. The van der Waals surface area contributed by atoms with Crippen LogP contribution in [-0.2, 0) is 16.6 Å². The second-order valence-electron chi connectivity index (χ2n) is 11.6. The van der Waals surface area contributed by atoms with Crippen molar-refractivity contribution in [3.8, 4) is 6.07 Å². The topological polar surface area (TPSA) is 134 Å². The van der Waals surface area contributed by atoms with Crippen molar-refractivity contribution < 1.29 is 32.6 Å². The van der Waals surface area contributed by atoms with Crippen molar-refractivity contribution in [1.82, 2.24) is 25.4 Å². The number of carboxylic acid groups (broad SMARTS) is 1. The number of halogens is 3. The highest BCUT2D eigenvalue weighted by molar-refractivity contribution is 5.77. The first-order chi connectivity index (χ1) is 21.9. The predicted molar refractivity (Wildman–Crippen MR) is 163 cm³/mol. The lowest BCUT2D eigenvalue weighted by molar-refractivity contribution is -0.137. The molecule has 0 saturated carbocycles. The molecule has 14 heteroatoms. The van der Waals surface area contributed by atoms with E-state index in [1.807, 2.05) is 48.4 Å². The van der Waals surface area contributed by atoms with Gasteiger partial charge in [-0.1, -0.05) is 12.1 Å². The lowest BCUT2D eigenvalue weighted by Crippen LogP contribution is -2.60. The van der Waals surface area contributed by atoms with Crippen molar-refractivity contribution in [2.75, 3.05) is 44.7 Å². The maximum atomic E-state index is 13.7. The Labute approximate surface area is 264 Å². The second-order valence-corrected chi connectivity index (χ2v) is 11.6. The first-order valence-electron chi connectivity index (χ1n) is 15.0. The molecule has 2 atom stereocenters. The number of carbonyl (C=O) groups excluding carboxylic acids is 1. The van der Waals surface area contributed by atoms with Crippen LogP contribution in [0.1, 0.15) is 42.9 Å². The van der Waals surface area contributed by atoms with Crippen molar-refractivity contribution in [3.63, 3.8) is 0 Å². The monoisotopic (exact) mass is 639 g/mol. The fourth-order valence-corrected chi connectivity index (χ4v) is 6.32. The maximum Gasteiger partial charge on any atom is 0.416 e. The number of aromatic nitrogens is 1. The minimum absolute atomic E-state index is 0.0755. The van der Waals surface area contributed by atoms with Crippen LogP contribution in [0.5, 0.6) is 0 Å². The average Bonchev–Trinajstić information content (AvgIpc) is 3.55. The molecule has 0 radical (unpaired) electrons. The van der Waals surface area contributed by atoms with E-state index in [0.717, 1.165) is 23.3 Å². The number of nitrogens with zero attached hydrogens (tertiary/aromatic N) is 5. The van der Waals surface area contributed by atoms with E-state index in [1.54, 1.807) is 17.3 Å². The molecule has 3 aliphatic heterocycles. The van der Waals surface area contributed by atoms with Crippen LogP contribution < -0.4 is 15.5 Å². The predicted octanol–water partition coefficient (Wildman–Crippen LogP) is 4.64. The van der Waals surface area contributed by atoms with Gasteiger partial charge < -0.3 is 35.2 Å². The van der Waals surface area contributed by atoms with Crippen LogP contribution in [0.2, 0.25) is 0 Å². The number of nitrogens with one attached hydrogen (secondary N) is 2. The Morgan fingerprint density at radius 1 is 1.26 bits per heavy atom. The quantitative estimate of drug-likeness (QED) is 0.399. The number of amides is 3. The number of piperidine rings is 1. The number of hydrogen-bond acceptors (Lipinski definition) is 7. The fraction of sp³-hybridized carbons (Fsp3) is 0.438. The van der Waals surface area contributed by atoms with E-state index in [1.165, 1.54) is 18.0 Å². The molecule has 2 aromatic rings. The summed E-state index contributed by atoms with van der Waals surface area (Å²) in [6.45, 7) is 3.60. The van der Waals surface area contributed by atoms with Gasteiger partial charge in [0.2, 0.25) is 0 Å². The minimum atomic E-state index is -4.57. The number of likely N-dealkylation sites (N-methyl/N-ethyl adjacent to an activating group) is 1. The van der Waals surface area contributed by atoms with Crippen LogP contribution >= 0.6 is 0 Å². The van der Waals surface area contributed by atoms with Crippen molar-refractivity contribution in [2.45, 2.75) is 49.7 Å². The summed E-state index contributed by atoms with van der Waals surface area (Å²) in [5, 5.41) is 25.7. The maximum absolute atomic E-state index is 13.7. The van der Waals surface area contributed by atoms with E-state index in [4.69, 9.17) is 4.74 Å². The van der Waals surface area contributed by atoms with Crippen molar-refractivity contribution in [2.24, 2.45) is 0 Å². The first kappa shape index (κ1) is 32.6. The van der Waals surface area contributed by atoms with E-state index >= 15 is 0 Å². The summed E-state index contributed by atoms with van der Waals surface area (Å²) in [4.78, 5) is 34.1. The summed E-state index contributed by atoms with van der Waals surface area (Å²) in [7, 11) is 1.48. The third kappa shape index (κ3) is 6.46. The zero-order valence-corrected chi connectivity index (χ0v) is 25.5. The number of dihydropyridines is 1. The normalized spacial score (nSPS) is 22.4. The van der Waals surface area contributed by atoms with Crippen LogP contribution in [0, 0.1) is 11.3 Å². The molecule has 1 aromatic heterocycles. The van der Waals surface area contributed by atoms with E-state index in [2.05, 4.69) is 15.6 Å². The van der Waals surface area contributed by atoms with Gasteiger partial charge in [0, 0.05) is 64.0 Å². The van der Waals surface area contributed by atoms with Crippen molar-refractivity contribution >= 4 is 17.8 Å². The smallest absolute Gasteiger partial charge is 0.416 e. The number of ether oxygens (including phenoxy) is 1. The fourth-order valence-electron chi connectivity index (χ4n) is 6.32. The largest absolute Gasteiger partial charge is 0.465 e. The highest BCUT2D eigenvalue weighted by atomic mass is 19.4. The first-order valence-corrected chi connectivity index (χ1v) is 15.0. The summed E-state index contributed by atoms with van der Waals surface area (Å²) in [5.41, 5.74) is -0.886. The number of pyridine rings is 1. The lowest BCUT2D eigenvalue weighted by Gasteiger charge is -2.46. The van der Waals surface area contributed by atoms with E-state index in [0.29, 0.717) is 51.2 Å². The van der Waals surface area contributed by atoms with Gasteiger partial charge in [-0.25, -0.2) is 9.59 Å². The number of hydrogen-bond donors (Lipinski definition) is 3. The minimum Gasteiger partial charge on any atom is -0.465 e. The van der Waals surface area contributed by atoms with Crippen LogP contribution in [0.15, 0.2) is 66.7 Å². The number of anilines is 1. The number of rotatable bonds is 7. The summed E-state index contributed by atoms with van der Waals surface area (Å²) in [5.74, 6) is 0. The molecule has 2 fully saturated rings. The summed E-state index contributed by atoms with van der Waals surface area (Å²) in [6.07, 6.45) is 4.59. The molecule has 244 valence electrons. The van der Waals surface area contributed by atoms with Gasteiger partial charge in [0.1, 0.15) is 6.07 Å². The standard InChI is InChI=1S/C32H36F3N7O4/c1-3-46-31(25-5-4-13-37-19-25)10-8-24(20-38-31)30(39-28(43)42-14-9-26(21-42)40(2)29(44)45)11-15-41(16-12-30)27-7-6-23(32(33,34)35)17-22(27)18-36/h4-8,10,13,17,19-20,26,38H,3,9,11-12,14-16,21H2,1-2H3,(H,39,43)(H,44,45)/t26-,31?/m1/s1. The Bertz CT molecular complexity index is 1550. The number of alkyl halides is 3. The second kappa shape index (κ2) is 12.9. The molecule has 3 aliphatic rings. The van der Waals surface area contributed by atoms with Gasteiger partial charge in [-0.2, -0.15) is 18.4 Å². The molecule has 0 aliphatic carbocycles. The van der Waals surface area contributed by atoms with E-state index in [-0.39, 0.29) is 24.2 Å². The van der Waals surface area contributed by atoms with E-state index in [9.17, 15) is 33.1 Å². The van der Waals surface area contributed by atoms with Gasteiger partial charge in [0.15, 0.2) is 5.72 Å².